The Bertz CT molecular complexity index is 788. The first kappa shape index (κ1) is 19.6. The largest absolute Gasteiger partial charge is 0.342 e. The fourth-order valence-corrected chi connectivity index (χ4v) is 3.73. The normalized spacial score (nSPS) is 15.2. The van der Waals surface area contributed by atoms with Crippen molar-refractivity contribution in [3.8, 4) is 0 Å². The van der Waals surface area contributed by atoms with Crippen LogP contribution in [0.15, 0.2) is 6.20 Å². The van der Waals surface area contributed by atoms with E-state index in [0.29, 0.717) is 11.5 Å². The van der Waals surface area contributed by atoms with Gasteiger partial charge in [0.25, 0.3) is 5.91 Å². The van der Waals surface area contributed by atoms with Gasteiger partial charge in [0.15, 0.2) is 5.82 Å². The Kier molecular flexibility index (Phi) is 5.97. The molecule has 0 spiro atoms. The minimum Gasteiger partial charge on any atom is -0.342 e. The standard InChI is InChI=1S/C20H32N6O/c1-13(2)9-11-26-18(14(3)4)16(12-21-26)20(27)22-15(5)19-24-23-17-8-6-7-10-25(17)19/h12-15H,6-11H2,1-5H3,(H,22,27). The van der Waals surface area contributed by atoms with Crippen LogP contribution in [0, 0.1) is 5.92 Å². The maximum atomic E-state index is 13.0. The average molecular weight is 373 g/mol. The summed E-state index contributed by atoms with van der Waals surface area (Å²) in [5.74, 6) is 2.62. The van der Waals surface area contributed by atoms with Crippen LogP contribution in [0.3, 0.4) is 0 Å². The average Bonchev–Trinajstić information content (AvgIpc) is 3.24. The van der Waals surface area contributed by atoms with Crippen LogP contribution in [0.4, 0.5) is 0 Å². The topological polar surface area (TPSA) is 77.6 Å². The van der Waals surface area contributed by atoms with Gasteiger partial charge in [0.05, 0.1) is 23.5 Å². The summed E-state index contributed by atoms with van der Waals surface area (Å²) < 4.78 is 4.15. The first-order chi connectivity index (χ1) is 12.9. The molecule has 1 atom stereocenters. The van der Waals surface area contributed by atoms with Crippen LogP contribution in [0.2, 0.25) is 0 Å². The van der Waals surface area contributed by atoms with Crippen LogP contribution in [0.25, 0.3) is 0 Å². The van der Waals surface area contributed by atoms with Gasteiger partial charge in [-0.2, -0.15) is 5.10 Å². The van der Waals surface area contributed by atoms with Crippen LogP contribution < -0.4 is 5.32 Å². The predicted molar refractivity (Wildman–Crippen MR) is 105 cm³/mol. The fourth-order valence-electron chi connectivity index (χ4n) is 3.73. The van der Waals surface area contributed by atoms with Gasteiger partial charge in [-0.05, 0) is 38.0 Å². The van der Waals surface area contributed by atoms with E-state index in [9.17, 15) is 4.79 Å². The Balaban J connectivity index is 1.76. The van der Waals surface area contributed by atoms with Crippen molar-refractivity contribution >= 4 is 5.91 Å². The van der Waals surface area contributed by atoms with Gasteiger partial charge in [-0.1, -0.05) is 27.7 Å². The highest BCUT2D eigenvalue weighted by molar-refractivity contribution is 5.95. The zero-order valence-corrected chi connectivity index (χ0v) is 17.2. The highest BCUT2D eigenvalue weighted by Crippen LogP contribution is 2.23. The van der Waals surface area contributed by atoms with Gasteiger partial charge in [0, 0.05) is 19.5 Å². The van der Waals surface area contributed by atoms with Crippen LogP contribution in [-0.4, -0.2) is 30.5 Å². The lowest BCUT2D eigenvalue weighted by atomic mass is 10.0. The first-order valence-electron chi connectivity index (χ1n) is 10.2. The van der Waals surface area contributed by atoms with Crippen molar-refractivity contribution in [1.29, 1.82) is 0 Å². The second kappa shape index (κ2) is 8.23. The minimum atomic E-state index is -0.184. The number of fused-ring (bicyclic) bond motifs is 1. The molecule has 1 aliphatic heterocycles. The molecule has 3 heterocycles. The van der Waals surface area contributed by atoms with Crippen LogP contribution in [0.5, 0.6) is 0 Å². The Labute approximate surface area is 161 Å². The molecule has 0 saturated carbocycles. The molecule has 7 nitrogen and oxygen atoms in total. The summed E-state index contributed by atoms with van der Waals surface area (Å²) >= 11 is 0. The monoisotopic (exact) mass is 372 g/mol. The number of aromatic nitrogens is 5. The molecule has 27 heavy (non-hydrogen) atoms. The maximum Gasteiger partial charge on any atom is 0.255 e. The summed E-state index contributed by atoms with van der Waals surface area (Å²) in [5, 5.41) is 16.2. The lowest BCUT2D eigenvalue weighted by molar-refractivity contribution is 0.0936. The van der Waals surface area contributed by atoms with E-state index < -0.39 is 0 Å². The van der Waals surface area contributed by atoms with E-state index in [1.165, 1.54) is 0 Å². The predicted octanol–water partition coefficient (Wildman–Crippen LogP) is 3.47. The smallest absolute Gasteiger partial charge is 0.255 e. The zero-order valence-electron chi connectivity index (χ0n) is 17.2. The Morgan fingerprint density at radius 2 is 1.96 bits per heavy atom. The molecule has 148 valence electrons. The first-order valence-corrected chi connectivity index (χ1v) is 10.2. The van der Waals surface area contributed by atoms with Crippen LogP contribution in [0.1, 0.15) is 93.5 Å². The highest BCUT2D eigenvalue weighted by atomic mass is 16.1. The van der Waals surface area contributed by atoms with Crippen molar-refractivity contribution < 1.29 is 4.79 Å². The van der Waals surface area contributed by atoms with Gasteiger partial charge >= 0.3 is 0 Å². The third-order valence-electron chi connectivity index (χ3n) is 5.21. The third kappa shape index (κ3) is 4.22. The molecule has 2 aromatic heterocycles. The molecule has 1 amide bonds. The Hall–Kier alpha value is -2.18. The Morgan fingerprint density at radius 3 is 2.67 bits per heavy atom. The molecule has 0 aliphatic carbocycles. The molecular weight excluding hydrogens is 340 g/mol. The molecule has 0 saturated heterocycles. The SMILES string of the molecule is CC(C)CCn1ncc(C(=O)NC(C)c2nnc3n2CCCC3)c1C(C)C. The van der Waals surface area contributed by atoms with E-state index >= 15 is 0 Å². The molecule has 0 bridgehead atoms. The van der Waals surface area contributed by atoms with Gasteiger partial charge in [0.1, 0.15) is 5.82 Å². The number of hydrogen-bond acceptors (Lipinski definition) is 4. The van der Waals surface area contributed by atoms with Gasteiger partial charge in [-0.3, -0.25) is 9.48 Å². The number of rotatable bonds is 7. The number of carbonyl (C=O) groups is 1. The van der Waals surface area contributed by atoms with E-state index in [2.05, 4.69) is 52.9 Å². The molecule has 3 rings (SSSR count). The number of nitrogens with one attached hydrogen (secondary N) is 1. The Morgan fingerprint density at radius 1 is 1.19 bits per heavy atom. The molecule has 2 aromatic rings. The minimum absolute atomic E-state index is 0.0878. The molecular formula is C20H32N6O. The van der Waals surface area contributed by atoms with E-state index in [-0.39, 0.29) is 17.9 Å². The summed E-state index contributed by atoms with van der Waals surface area (Å²) in [5.41, 5.74) is 1.67. The maximum absolute atomic E-state index is 13.0. The van der Waals surface area contributed by atoms with Gasteiger partial charge < -0.3 is 9.88 Å². The van der Waals surface area contributed by atoms with E-state index in [1.807, 2.05) is 11.6 Å². The van der Waals surface area contributed by atoms with Crippen molar-refractivity contribution in [3.63, 3.8) is 0 Å². The van der Waals surface area contributed by atoms with E-state index in [4.69, 9.17) is 0 Å². The molecule has 0 aromatic carbocycles. The summed E-state index contributed by atoms with van der Waals surface area (Å²) in [6.07, 6.45) is 6.01. The zero-order chi connectivity index (χ0) is 19.6. The van der Waals surface area contributed by atoms with E-state index in [1.54, 1.807) is 6.20 Å². The number of amides is 1. The molecule has 7 heteroatoms. The van der Waals surface area contributed by atoms with E-state index in [0.717, 1.165) is 56.1 Å². The molecule has 1 unspecified atom stereocenters. The molecule has 0 radical (unpaired) electrons. The summed E-state index contributed by atoms with van der Waals surface area (Å²) in [6.45, 7) is 12.4. The number of nitrogens with zero attached hydrogens (tertiary/aromatic N) is 5. The molecule has 0 fully saturated rings. The van der Waals surface area contributed by atoms with Crippen molar-refractivity contribution in [3.05, 3.63) is 29.1 Å². The van der Waals surface area contributed by atoms with Crippen molar-refractivity contribution in [2.45, 2.75) is 85.4 Å². The van der Waals surface area contributed by atoms with Crippen molar-refractivity contribution in [2.24, 2.45) is 5.92 Å². The fraction of sp³-hybridized carbons (Fsp3) is 0.700. The van der Waals surface area contributed by atoms with Gasteiger partial charge in [-0.25, -0.2) is 0 Å². The van der Waals surface area contributed by atoms with Crippen LogP contribution >= 0.6 is 0 Å². The molecule has 1 N–H and O–H groups in total. The third-order valence-corrected chi connectivity index (χ3v) is 5.21. The second-order valence-corrected chi connectivity index (χ2v) is 8.28. The lowest BCUT2D eigenvalue weighted by Gasteiger charge is -2.19. The molecule has 1 aliphatic rings. The van der Waals surface area contributed by atoms with Gasteiger partial charge in [0.2, 0.25) is 0 Å². The lowest BCUT2D eigenvalue weighted by Crippen LogP contribution is -2.30. The number of carbonyl (C=O) groups excluding carboxylic acids is 1. The van der Waals surface area contributed by atoms with Crippen molar-refractivity contribution in [2.75, 3.05) is 0 Å². The number of aryl methyl sites for hydroxylation is 2. The quantitative estimate of drug-likeness (QED) is 0.807. The van der Waals surface area contributed by atoms with Crippen molar-refractivity contribution in [1.82, 2.24) is 29.9 Å². The van der Waals surface area contributed by atoms with Gasteiger partial charge in [-0.15, -0.1) is 10.2 Å². The van der Waals surface area contributed by atoms with Crippen LogP contribution in [-0.2, 0) is 19.5 Å². The summed E-state index contributed by atoms with van der Waals surface area (Å²) in [4.78, 5) is 13.0. The summed E-state index contributed by atoms with van der Waals surface area (Å²) in [6, 6.07) is -0.184. The number of hydrogen-bond donors (Lipinski definition) is 1. The highest BCUT2D eigenvalue weighted by Gasteiger charge is 2.25. The second-order valence-electron chi connectivity index (χ2n) is 8.28. The summed E-state index contributed by atoms with van der Waals surface area (Å²) in [7, 11) is 0.